The Morgan fingerprint density at radius 2 is 2.54 bits per heavy atom. The standard InChI is InChI=1S/C12H18I/c1-3-9-13-12(4-2)10-11-7-5-6-8-11/h3,5-7,12H,1,4,8-10H2,2H3/q-1/t12-/m0/s1. The number of halogens is 1. The average Bonchev–Trinajstić information content (AvgIpc) is 2.64. The molecule has 1 aliphatic rings. The van der Waals surface area contributed by atoms with E-state index in [4.69, 9.17) is 0 Å². The van der Waals surface area contributed by atoms with Gasteiger partial charge in [-0.3, -0.25) is 0 Å². The summed E-state index contributed by atoms with van der Waals surface area (Å²) in [6.07, 6.45) is 12.7. The summed E-state index contributed by atoms with van der Waals surface area (Å²) in [6, 6.07) is 0. The Hall–Kier alpha value is -0.0500. The second-order valence-corrected chi connectivity index (χ2v) is 6.79. The van der Waals surface area contributed by atoms with E-state index < -0.39 is 0 Å². The van der Waals surface area contributed by atoms with Crippen LogP contribution < -0.4 is 21.2 Å². The molecule has 0 fully saturated rings. The van der Waals surface area contributed by atoms with E-state index in [1.165, 1.54) is 23.7 Å². The van der Waals surface area contributed by atoms with Crippen LogP contribution in [-0.2, 0) is 0 Å². The van der Waals surface area contributed by atoms with E-state index >= 15 is 0 Å². The van der Waals surface area contributed by atoms with Gasteiger partial charge in [0.25, 0.3) is 0 Å². The Balaban J connectivity index is 2.26. The van der Waals surface area contributed by atoms with E-state index in [9.17, 15) is 0 Å². The van der Waals surface area contributed by atoms with Crippen LogP contribution in [0.1, 0.15) is 26.2 Å². The second kappa shape index (κ2) is 6.41. The Morgan fingerprint density at radius 1 is 1.69 bits per heavy atom. The topological polar surface area (TPSA) is 0 Å². The molecule has 0 nitrogen and oxygen atoms in total. The van der Waals surface area contributed by atoms with Gasteiger partial charge in [0.2, 0.25) is 0 Å². The van der Waals surface area contributed by atoms with Crippen molar-refractivity contribution in [2.45, 2.75) is 30.1 Å². The van der Waals surface area contributed by atoms with E-state index in [2.05, 4.69) is 37.8 Å². The van der Waals surface area contributed by atoms with E-state index in [0.29, 0.717) is 21.2 Å². The zero-order valence-electron chi connectivity index (χ0n) is 8.30. The summed E-state index contributed by atoms with van der Waals surface area (Å²) >= 11 is 0.354. The molecule has 0 aliphatic heterocycles. The third kappa shape index (κ3) is 4.12. The van der Waals surface area contributed by atoms with E-state index in [1.54, 1.807) is 5.57 Å². The van der Waals surface area contributed by atoms with Gasteiger partial charge in [-0.2, -0.15) is 0 Å². The third-order valence-corrected chi connectivity index (χ3v) is 5.89. The minimum absolute atomic E-state index is 0.354. The summed E-state index contributed by atoms with van der Waals surface area (Å²) in [5, 5.41) is 0. The Bertz CT molecular complexity index is 213. The summed E-state index contributed by atoms with van der Waals surface area (Å²) in [5.74, 6) is 0. The quantitative estimate of drug-likeness (QED) is 0.375. The molecule has 0 unspecified atom stereocenters. The zero-order valence-corrected chi connectivity index (χ0v) is 10.5. The van der Waals surface area contributed by atoms with Crippen molar-refractivity contribution in [3.05, 3.63) is 36.5 Å². The molecular formula is C12H18I-. The Kier molecular flexibility index (Phi) is 5.44. The van der Waals surface area contributed by atoms with Crippen molar-refractivity contribution in [1.82, 2.24) is 0 Å². The Morgan fingerprint density at radius 3 is 3.08 bits per heavy atom. The molecular weight excluding hydrogens is 271 g/mol. The summed E-state index contributed by atoms with van der Waals surface area (Å²) < 4.78 is 2.25. The number of rotatable bonds is 6. The zero-order chi connectivity index (χ0) is 9.52. The first-order chi connectivity index (χ1) is 6.36. The number of allylic oxidation sites excluding steroid dienone is 5. The second-order valence-electron chi connectivity index (χ2n) is 3.26. The summed E-state index contributed by atoms with van der Waals surface area (Å²) in [4.78, 5) is 0. The van der Waals surface area contributed by atoms with Gasteiger partial charge in [0.1, 0.15) is 0 Å². The van der Waals surface area contributed by atoms with Gasteiger partial charge in [0.05, 0.1) is 0 Å². The van der Waals surface area contributed by atoms with Crippen LogP contribution in [0.4, 0.5) is 0 Å². The van der Waals surface area contributed by atoms with E-state index in [1.807, 2.05) is 0 Å². The Labute approximate surface area is 92.1 Å². The van der Waals surface area contributed by atoms with E-state index in [0.717, 1.165) is 3.92 Å². The molecule has 1 atom stereocenters. The van der Waals surface area contributed by atoms with Crippen LogP contribution >= 0.6 is 0 Å². The predicted octanol–water partition coefficient (Wildman–Crippen LogP) is 0.316. The molecule has 0 aromatic heterocycles. The molecule has 0 bridgehead atoms. The molecule has 0 spiro atoms. The molecule has 13 heavy (non-hydrogen) atoms. The van der Waals surface area contributed by atoms with Crippen LogP contribution in [0.25, 0.3) is 0 Å². The molecule has 0 aromatic carbocycles. The third-order valence-electron chi connectivity index (χ3n) is 2.19. The number of hydrogen-bond acceptors (Lipinski definition) is 0. The normalized spacial score (nSPS) is 17.5. The van der Waals surface area contributed by atoms with Crippen molar-refractivity contribution in [1.29, 1.82) is 0 Å². The van der Waals surface area contributed by atoms with Crippen LogP contribution in [0.3, 0.4) is 0 Å². The summed E-state index contributed by atoms with van der Waals surface area (Å²) in [7, 11) is 0. The molecule has 74 valence electrons. The molecule has 0 saturated heterocycles. The van der Waals surface area contributed by atoms with Gasteiger partial charge in [-0.1, -0.05) is 0 Å². The molecule has 0 saturated carbocycles. The molecule has 0 aromatic rings. The fourth-order valence-corrected chi connectivity index (χ4v) is 4.00. The number of alkyl halides is 2. The van der Waals surface area contributed by atoms with Crippen molar-refractivity contribution in [2.75, 3.05) is 4.43 Å². The monoisotopic (exact) mass is 289 g/mol. The van der Waals surface area contributed by atoms with E-state index in [-0.39, 0.29) is 0 Å². The maximum absolute atomic E-state index is 3.80. The fourth-order valence-electron chi connectivity index (χ4n) is 1.42. The van der Waals surface area contributed by atoms with Crippen LogP contribution in [-0.4, -0.2) is 8.35 Å². The van der Waals surface area contributed by atoms with Crippen LogP contribution in [0, 0.1) is 0 Å². The van der Waals surface area contributed by atoms with Gasteiger partial charge in [-0.25, -0.2) is 0 Å². The first-order valence-corrected chi connectivity index (χ1v) is 7.67. The van der Waals surface area contributed by atoms with Gasteiger partial charge < -0.3 is 0 Å². The fraction of sp³-hybridized carbons (Fsp3) is 0.500. The molecule has 1 rings (SSSR count). The number of hydrogen-bond donors (Lipinski definition) is 0. The first kappa shape index (κ1) is 11.0. The van der Waals surface area contributed by atoms with Crippen LogP contribution in [0.2, 0.25) is 0 Å². The van der Waals surface area contributed by atoms with Gasteiger partial charge in [0.15, 0.2) is 0 Å². The molecule has 0 amide bonds. The molecule has 1 heteroatoms. The van der Waals surface area contributed by atoms with Gasteiger partial charge in [-0.15, -0.1) is 0 Å². The molecule has 0 heterocycles. The van der Waals surface area contributed by atoms with Gasteiger partial charge >= 0.3 is 92.2 Å². The van der Waals surface area contributed by atoms with Crippen molar-refractivity contribution < 1.29 is 21.2 Å². The van der Waals surface area contributed by atoms with Crippen molar-refractivity contribution >= 4 is 0 Å². The van der Waals surface area contributed by atoms with Crippen molar-refractivity contribution in [3.63, 3.8) is 0 Å². The predicted molar refractivity (Wildman–Crippen MR) is 55.6 cm³/mol. The van der Waals surface area contributed by atoms with Gasteiger partial charge in [0, 0.05) is 0 Å². The summed E-state index contributed by atoms with van der Waals surface area (Å²) in [5.41, 5.74) is 1.63. The minimum atomic E-state index is 0.354. The first-order valence-electron chi connectivity index (χ1n) is 4.90. The average molecular weight is 289 g/mol. The van der Waals surface area contributed by atoms with Crippen molar-refractivity contribution in [3.8, 4) is 0 Å². The maximum atomic E-state index is 3.80. The van der Waals surface area contributed by atoms with Gasteiger partial charge in [-0.05, 0) is 0 Å². The SMILES string of the molecule is C=CC[I-][C@@H](CC)CC1=CC=CC1. The molecule has 0 radical (unpaired) electrons. The molecule has 0 N–H and O–H groups in total. The summed E-state index contributed by atoms with van der Waals surface area (Å²) in [6.45, 7) is 6.12. The van der Waals surface area contributed by atoms with Crippen LogP contribution in [0.5, 0.6) is 0 Å². The molecule has 1 aliphatic carbocycles. The van der Waals surface area contributed by atoms with Crippen LogP contribution in [0.15, 0.2) is 36.5 Å². The van der Waals surface area contributed by atoms with Crippen molar-refractivity contribution in [2.24, 2.45) is 0 Å².